The third kappa shape index (κ3) is 5.88. The lowest BCUT2D eigenvalue weighted by Gasteiger charge is -2.35. The van der Waals surface area contributed by atoms with Crippen LogP contribution in [0.3, 0.4) is 0 Å². The number of hydrogen-bond donors (Lipinski definition) is 1. The summed E-state index contributed by atoms with van der Waals surface area (Å²) in [4.78, 5) is 26.1. The number of aliphatic hydroxyl groups excluding tert-OH is 1. The Hall–Kier alpha value is -2.42. The fourth-order valence-electron chi connectivity index (χ4n) is 4.49. The summed E-state index contributed by atoms with van der Waals surface area (Å²) in [6.45, 7) is 10.1. The number of benzene rings is 1. The summed E-state index contributed by atoms with van der Waals surface area (Å²) in [5, 5.41) is 10.0. The molecule has 1 atom stereocenters. The number of nitrogens with zero attached hydrogens (tertiary/aromatic N) is 5. The van der Waals surface area contributed by atoms with E-state index in [1.807, 2.05) is 23.1 Å². The zero-order chi connectivity index (χ0) is 22.3. The van der Waals surface area contributed by atoms with Crippen molar-refractivity contribution in [2.45, 2.75) is 32.4 Å². The first-order valence-corrected chi connectivity index (χ1v) is 11.8. The number of carbonyl (C=O) groups excluding carboxylic acids is 1. The normalized spacial score (nSPS) is 19.3. The molecule has 1 amide bonds. The van der Waals surface area contributed by atoms with Crippen molar-refractivity contribution in [3.05, 3.63) is 48.2 Å². The monoisotopic (exact) mass is 441 g/mol. The van der Waals surface area contributed by atoms with Crippen LogP contribution in [0.1, 0.15) is 36.1 Å². The number of para-hydroxylation sites is 1. The van der Waals surface area contributed by atoms with Gasteiger partial charge in [0.15, 0.2) is 5.69 Å². The number of aromatic nitrogens is 1. The number of piperazine rings is 2. The van der Waals surface area contributed by atoms with Crippen molar-refractivity contribution < 1.29 is 14.3 Å². The van der Waals surface area contributed by atoms with Gasteiger partial charge in [-0.05, 0) is 18.6 Å². The molecule has 0 spiro atoms. The molecule has 0 bridgehead atoms. The number of hydrogen-bond acceptors (Lipinski definition) is 7. The van der Waals surface area contributed by atoms with E-state index in [2.05, 4.69) is 38.7 Å². The van der Waals surface area contributed by atoms with Crippen molar-refractivity contribution in [2.24, 2.45) is 0 Å². The summed E-state index contributed by atoms with van der Waals surface area (Å²) in [5.41, 5.74) is 1.60. The van der Waals surface area contributed by atoms with Crippen LogP contribution in [-0.4, -0.2) is 95.7 Å². The van der Waals surface area contributed by atoms with Gasteiger partial charge in [0, 0.05) is 64.6 Å². The molecule has 8 heteroatoms. The Labute approximate surface area is 190 Å². The van der Waals surface area contributed by atoms with E-state index in [9.17, 15) is 9.90 Å². The summed E-state index contributed by atoms with van der Waals surface area (Å²) in [5.74, 6) is 0.540. The van der Waals surface area contributed by atoms with Gasteiger partial charge in [-0.25, -0.2) is 4.98 Å². The second-order valence-corrected chi connectivity index (χ2v) is 8.76. The van der Waals surface area contributed by atoms with Crippen LogP contribution in [0.25, 0.3) is 0 Å². The summed E-state index contributed by atoms with van der Waals surface area (Å²) < 4.78 is 5.63. The van der Waals surface area contributed by atoms with Crippen molar-refractivity contribution in [3.63, 3.8) is 0 Å². The molecule has 0 aliphatic carbocycles. The van der Waals surface area contributed by atoms with Crippen molar-refractivity contribution in [1.29, 1.82) is 0 Å². The number of carbonyl (C=O) groups is 1. The molecule has 2 saturated heterocycles. The third-order valence-electron chi connectivity index (χ3n) is 6.37. The molecule has 32 heavy (non-hydrogen) atoms. The molecule has 0 saturated carbocycles. The molecule has 1 unspecified atom stereocenters. The Bertz CT molecular complexity index is 842. The molecule has 0 radical (unpaired) electrons. The van der Waals surface area contributed by atoms with Crippen molar-refractivity contribution in [1.82, 2.24) is 19.7 Å². The van der Waals surface area contributed by atoms with Gasteiger partial charge in [0.1, 0.15) is 6.26 Å². The zero-order valence-electron chi connectivity index (χ0n) is 19.0. The largest absolute Gasteiger partial charge is 0.447 e. The van der Waals surface area contributed by atoms with Crippen LogP contribution in [0, 0.1) is 0 Å². The molecule has 174 valence electrons. The predicted octanol–water partition coefficient (Wildman–Crippen LogP) is 1.92. The number of aliphatic hydroxyl groups is 1. The first-order valence-electron chi connectivity index (χ1n) is 11.8. The topological polar surface area (TPSA) is 76.3 Å². The summed E-state index contributed by atoms with van der Waals surface area (Å²) >= 11 is 0. The van der Waals surface area contributed by atoms with Gasteiger partial charge in [-0.2, -0.15) is 0 Å². The average molecular weight is 442 g/mol. The minimum absolute atomic E-state index is 0.0533. The standard InChI is InChI=1S/C24H35N5O3/c1-2-6-21(30)17-26-9-11-27(12-10-26)18-23-25-22(19-32-23)24(31)29-15-13-28(14-16-29)20-7-4-3-5-8-20/h3-5,7-8,19,21,30H,2,6,9-18H2,1H3. The van der Waals surface area contributed by atoms with E-state index in [-0.39, 0.29) is 12.0 Å². The van der Waals surface area contributed by atoms with E-state index in [0.717, 1.165) is 58.7 Å². The maximum Gasteiger partial charge on any atom is 0.275 e. The van der Waals surface area contributed by atoms with Crippen molar-refractivity contribution in [3.8, 4) is 0 Å². The van der Waals surface area contributed by atoms with Gasteiger partial charge >= 0.3 is 0 Å². The Morgan fingerprint density at radius 3 is 2.41 bits per heavy atom. The Morgan fingerprint density at radius 2 is 1.72 bits per heavy atom. The number of β-amino-alcohol motifs (C(OH)–C–C–N with tert-alkyl or cyclic N) is 1. The first kappa shape index (κ1) is 22.8. The van der Waals surface area contributed by atoms with E-state index in [0.29, 0.717) is 31.2 Å². The number of oxazole rings is 1. The van der Waals surface area contributed by atoms with E-state index in [1.54, 1.807) is 0 Å². The Kier molecular flexibility index (Phi) is 7.78. The minimum atomic E-state index is -0.235. The van der Waals surface area contributed by atoms with Gasteiger partial charge < -0.3 is 19.3 Å². The van der Waals surface area contributed by atoms with E-state index in [4.69, 9.17) is 4.42 Å². The van der Waals surface area contributed by atoms with Gasteiger partial charge in [0.2, 0.25) is 5.89 Å². The van der Waals surface area contributed by atoms with Crippen molar-refractivity contribution >= 4 is 11.6 Å². The highest BCUT2D eigenvalue weighted by Gasteiger charge is 2.25. The van der Waals surface area contributed by atoms with E-state index in [1.165, 1.54) is 12.0 Å². The lowest BCUT2D eigenvalue weighted by molar-refractivity contribution is 0.0634. The molecule has 3 heterocycles. The number of anilines is 1. The lowest BCUT2D eigenvalue weighted by Crippen LogP contribution is -2.49. The second-order valence-electron chi connectivity index (χ2n) is 8.76. The van der Waals surface area contributed by atoms with Gasteiger partial charge in [0.25, 0.3) is 5.91 Å². The highest BCUT2D eigenvalue weighted by molar-refractivity contribution is 5.92. The second kappa shape index (κ2) is 10.9. The molecular formula is C24H35N5O3. The Balaban J connectivity index is 1.22. The highest BCUT2D eigenvalue weighted by atomic mass is 16.3. The fourth-order valence-corrected chi connectivity index (χ4v) is 4.49. The minimum Gasteiger partial charge on any atom is -0.447 e. The van der Waals surface area contributed by atoms with E-state index < -0.39 is 0 Å². The molecule has 1 N–H and O–H groups in total. The van der Waals surface area contributed by atoms with Crippen molar-refractivity contribution in [2.75, 3.05) is 63.8 Å². The molecule has 2 aromatic rings. The smallest absolute Gasteiger partial charge is 0.275 e. The zero-order valence-corrected chi connectivity index (χ0v) is 19.0. The number of amides is 1. The lowest BCUT2D eigenvalue weighted by atomic mass is 10.2. The molecule has 1 aromatic carbocycles. The SMILES string of the molecule is CCCC(O)CN1CCN(Cc2nc(C(=O)N3CCN(c4ccccc4)CC3)co2)CC1. The molecule has 4 rings (SSSR count). The molecule has 1 aromatic heterocycles. The van der Waals surface area contributed by atoms with Crippen LogP contribution in [0.15, 0.2) is 41.0 Å². The predicted molar refractivity (Wildman–Crippen MR) is 124 cm³/mol. The van der Waals surface area contributed by atoms with Crippen LogP contribution in [0.4, 0.5) is 5.69 Å². The van der Waals surface area contributed by atoms with Crippen LogP contribution in [-0.2, 0) is 6.54 Å². The highest BCUT2D eigenvalue weighted by Crippen LogP contribution is 2.17. The van der Waals surface area contributed by atoms with Gasteiger partial charge in [-0.15, -0.1) is 0 Å². The molecular weight excluding hydrogens is 406 g/mol. The van der Waals surface area contributed by atoms with Crippen LogP contribution in [0.2, 0.25) is 0 Å². The fraction of sp³-hybridized carbons (Fsp3) is 0.583. The van der Waals surface area contributed by atoms with Crippen LogP contribution >= 0.6 is 0 Å². The maximum atomic E-state index is 12.9. The Morgan fingerprint density at radius 1 is 1.03 bits per heavy atom. The first-order chi connectivity index (χ1) is 15.6. The van der Waals surface area contributed by atoms with E-state index >= 15 is 0 Å². The van der Waals surface area contributed by atoms with Crippen LogP contribution in [0.5, 0.6) is 0 Å². The quantitative estimate of drug-likeness (QED) is 0.671. The molecule has 2 aliphatic heterocycles. The molecule has 2 fully saturated rings. The number of rotatable bonds is 8. The summed E-state index contributed by atoms with van der Waals surface area (Å²) in [7, 11) is 0. The average Bonchev–Trinajstić information content (AvgIpc) is 3.29. The molecule has 8 nitrogen and oxygen atoms in total. The third-order valence-corrected chi connectivity index (χ3v) is 6.37. The van der Waals surface area contributed by atoms with Gasteiger partial charge in [-0.1, -0.05) is 31.5 Å². The maximum absolute atomic E-state index is 12.9. The molecule has 2 aliphatic rings. The summed E-state index contributed by atoms with van der Waals surface area (Å²) in [6.07, 6.45) is 3.13. The van der Waals surface area contributed by atoms with Gasteiger partial charge in [-0.3, -0.25) is 14.6 Å². The van der Waals surface area contributed by atoms with Crippen LogP contribution < -0.4 is 4.90 Å². The van der Waals surface area contributed by atoms with Gasteiger partial charge in [0.05, 0.1) is 12.6 Å². The summed E-state index contributed by atoms with van der Waals surface area (Å²) in [6, 6.07) is 10.3.